The summed E-state index contributed by atoms with van der Waals surface area (Å²) >= 11 is 0. The van der Waals surface area contributed by atoms with E-state index in [2.05, 4.69) is 187 Å². The molecule has 10 aliphatic rings. The van der Waals surface area contributed by atoms with Crippen LogP contribution < -0.4 is 37.9 Å². The predicted molar refractivity (Wildman–Crippen MR) is 484 cm³/mol. The monoisotopic (exact) mass is 1660 g/mol. The second-order valence-corrected chi connectivity index (χ2v) is 37.2. The van der Waals surface area contributed by atoms with E-state index in [-0.39, 0.29) is 60.4 Å². The summed E-state index contributed by atoms with van der Waals surface area (Å²) in [6, 6.07) is 62.5. The standard InChI is InChI=1S/2C27H26O4.2C16H24O4.2C10H16/c2*1-18(28-2)31-27-14-12-20-8-4-6-10-23(20)25(27)15-24-22-9-5-3-7-19(22)11-13-26(24)30-17-21-16-29-21;2*1-11(17-5)20-14-7-6-12(16(2,3)4)8-15(14)19-10-13-9-18-13;2*1-2-9-7-4-5-8(6-7)10(9)3-1/h2*3-14,18,21H,15-17H2,1-2H3;2*6-8,11,13H,9-10H2,1-5H3;2*7-10H,1-6H2. The Bertz CT molecular complexity index is 4720. The Morgan fingerprint density at radius 2 is 0.541 bits per heavy atom. The van der Waals surface area contributed by atoms with Crippen LogP contribution in [-0.4, -0.2) is 131 Å². The highest BCUT2D eigenvalue weighted by Crippen LogP contribution is 2.60. The van der Waals surface area contributed by atoms with Crippen LogP contribution in [0.25, 0.3) is 43.1 Å². The molecule has 4 bridgehead atoms. The molecule has 0 radical (unpaired) electrons. The van der Waals surface area contributed by atoms with Crippen molar-refractivity contribution in [3.05, 3.63) is 215 Å². The molecule has 6 saturated carbocycles. The summed E-state index contributed by atoms with van der Waals surface area (Å²) < 4.78 is 89.9. The van der Waals surface area contributed by atoms with Gasteiger partial charge in [0.1, 0.15) is 73.8 Å². The molecule has 16 unspecified atom stereocenters. The van der Waals surface area contributed by atoms with Gasteiger partial charge in [0.15, 0.2) is 48.2 Å². The van der Waals surface area contributed by atoms with Crippen molar-refractivity contribution in [2.24, 2.45) is 47.3 Å². The van der Waals surface area contributed by atoms with E-state index < -0.39 is 0 Å². The fourth-order valence-electron chi connectivity index (χ4n) is 19.5. The average Bonchev–Trinajstić information content (AvgIpc) is 1.75. The van der Waals surface area contributed by atoms with E-state index in [9.17, 15) is 0 Å². The quantitative estimate of drug-likeness (QED) is 0.0336. The number of rotatable bonds is 28. The van der Waals surface area contributed by atoms with Crippen molar-refractivity contribution in [1.82, 2.24) is 0 Å². The van der Waals surface area contributed by atoms with Crippen LogP contribution in [0.4, 0.5) is 0 Å². The molecule has 6 aliphatic carbocycles. The van der Waals surface area contributed by atoms with E-state index in [1.807, 2.05) is 64.1 Å². The first-order valence-corrected chi connectivity index (χ1v) is 45.2. The fraction of sp³-hybridized carbons (Fsp3) is 0.509. The molecule has 16 heteroatoms. The second-order valence-electron chi connectivity index (χ2n) is 37.2. The lowest BCUT2D eigenvalue weighted by Gasteiger charge is -2.23. The van der Waals surface area contributed by atoms with E-state index in [1.54, 1.807) is 105 Å². The first-order chi connectivity index (χ1) is 59.1. The Labute approximate surface area is 724 Å². The molecule has 4 aliphatic heterocycles. The Morgan fingerprint density at radius 1 is 0.295 bits per heavy atom. The number of fused-ring (bicyclic) bond motifs is 14. The van der Waals surface area contributed by atoms with E-state index >= 15 is 0 Å². The van der Waals surface area contributed by atoms with Crippen LogP contribution >= 0.6 is 0 Å². The maximum atomic E-state index is 6.21. The van der Waals surface area contributed by atoms with Gasteiger partial charge in [-0.05, 0) is 253 Å². The van der Waals surface area contributed by atoms with Gasteiger partial charge in [0.05, 0.1) is 26.4 Å². The molecule has 0 N–H and O–H groups in total. The zero-order valence-electron chi connectivity index (χ0n) is 74.6. The van der Waals surface area contributed by atoms with Crippen molar-refractivity contribution >= 4 is 43.1 Å². The van der Waals surface area contributed by atoms with Gasteiger partial charge < -0.3 is 75.8 Å². The van der Waals surface area contributed by atoms with Gasteiger partial charge in [-0.25, -0.2) is 0 Å². The van der Waals surface area contributed by atoms with Crippen molar-refractivity contribution in [2.75, 3.05) is 81.3 Å². The normalized spacial score (nSPS) is 24.2. The van der Waals surface area contributed by atoms with Crippen LogP contribution in [0.15, 0.2) is 182 Å². The van der Waals surface area contributed by atoms with Crippen LogP contribution in [0.1, 0.15) is 180 Å². The zero-order chi connectivity index (χ0) is 85.0. The first-order valence-electron chi connectivity index (χ1n) is 45.2. The molecule has 4 saturated heterocycles. The third-order valence-corrected chi connectivity index (χ3v) is 26.8. The highest BCUT2D eigenvalue weighted by molar-refractivity contribution is 5.93. The summed E-state index contributed by atoms with van der Waals surface area (Å²) in [5.41, 5.74) is 7.13. The van der Waals surface area contributed by atoms with E-state index in [0.29, 0.717) is 50.8 Å². The fourth-order valence-corrected chi connectivity index (χ4v) is 19.5. The Balaban J connectivity index is 0.000000119. The van der Waals surface area contributed by atoms with Crippen LogP contribution in [0, 0.1) is 47.3 Å². The van der Waals surface area contributed by atoms with Gasteiger partial charge in [0.2, 0.25) is 0 Å². The molecule has 10 aromatic rings. The summed E-state index contributed by atoms with van der Waals surface area (Å²) in [5, 5.41) is 9.49. The van der Waals surface area contributed by atoms with E-state index in [4.69, 9.17) is 75.8 Å². The van der Waals surface area contributed by atoms with Crippen LogP contribution in [-0.2, 0) is 61.6 Å². The SMILES string of the molecule is C1CC2C3CCC(C3)C2C1.C1CC2C3CCC(C3)C2C1.COC(C)Oc1ccc(C(C)(C)C)cc1OCC1CO1.COC(C)Oc1ccc(C(C)(C)C)cc1OCC1CO1.COC(C)Oc1ccc2ccccc2c1Cc1c(OCC2CO2)ccc2ccccc12.COC(C)Oc1ccc2ccccc2c1Cc1c(OCC2CO2)ccc2ccccc12. The van der Waals surface area contributed by atoms with Crippen molar-refractivity contribution < 1.29 is 75.8 Å². The lowest BCUT2D eigenvalue weighted by atomic mass is 9.82. The molecule has 0 aromatic heterocycles. The smallest absolute Gasteiger partial charge is 0.196 e. The van der Waals surface area contributed by atoms with Gasteiger partial charge in [-0.3, -0.25) is 0 Å². The topological polar surface area (TPSA) is 161 Å². The predicted octanol–water partition coefficient (Wildman–Crippen LogP) is 23.4. The number of methoxy groups -OCH3 is 4. The zero-order valence-corrected chi connectivity index (χ0v) is 74.6. The number of epoxide rings is 4. The van der Waals surface area contributed by atoms with Gasteiger partial charge in [0, 0.05) is 63.5 Å². The molecular weight excluding hydrogens is 1530 g/mol. The summed E-state index contributed by atoms with van der Waals surface area (Å²) in [7, 11) is 6.55. The van der Waals surface area contributed by atoms with Gasteiger partial charge in [-0.1, -0.05) is 188 Å². The molecule has 652 valence electrons. The minimum absolute atomic E-state index is 0.0690. The van der Waals surface area contributed by atoms with E-state index in [0.717, 1.165) is 83.2 Å². The number of benzene rings is 10. The summed E-state index contributed by atoms with van der Waals surface area (Å²) in [6.45, 7) is 26.0. The van der Waals surface area contributed by atoms with Gasteiger partial charge >= 0.3 is 0 Å². The minimum Gasteiger partial charge on any atom is -0.490 e. The Morgan fingerprint density at radius 3 is 0.811 bits per heavy atom. The third-order valence-electron chi connectivity index (χ3n) is 26.8. The Kier molecular flexibility index (Phi) is 29.3. The molecule has 10 fully saturated rings. The molecule has 20 rings (SSSR count). The first kappa shape index (κ1) is 88.2. The molecule has 122 heavy (non-hydrogen) atoms. The van der Waals surface area contributed by atoms with Gasteiger partial charge in [-0.2, -0.15) is 0 Å². The number of ether oxygens (including phenoxy) is 16. The second kappa shape index (κ2) is 40.5. The highest BCUT2D eigenvalue weighted by atomic mass is 16.7. The maximum Gasteiger partial charge on any atom is 0.196 e. The van der Waals surface area contributed by atoms with Crippen molar-refractivity contribution in [3.63, 3.8) is 0 Å². The van der Waals surface area contributed by atoms with Crippen molar-refractivity contribution in [3.8, 4) is 46.0 Å². The van der Waals surface area contributed by atoms with E-state index in [1.165, 1.54) is 102 Å². The summed E-state index contributed by atoms with van der Waals surface area (Å²) in [4.78, 5) is 0. The van der Waals surface area contributed by atoms with Crippen molar-refractivity contribution in [1.29, 1.82) is 0 Å². The largest absolute Gasteiger partial charge is 0.490 e. The molecule has 0 spiro atoms. The molecule has 10 aromatic carbocycles. The highest BCUT2D eigenvalue weighted by Gasteiger charge is 2.50. The lowest BCUT2D eigenvalue weighted by molar-refractivity contribution is -0.0401. The molecular formula is C106H132O16. The Hall–Kier alpha value is -8.68. The van der Waals surface area contributed by atoms with Gasteiger partial charge in [0.25, 0.3) is 0 Å². The van der Waals surface area contributed by atoms with Crippen LogP contribution in [0.2, 0.25) is 0 Å². The molecule has 0 amide bonds. The van der Waals surface area contributed by atoms with Crippen LogP contribution in [0.3, 0.4) is 0 Å². The van der Waals surface area contributed by atoms with Crippen molar-refractivity contribution in [2.45, 2.75) is 220 Å². The molecule has 4 heterocycles. The van der Waals surface area contributed by atoms with Gasteiger partial charge in [-0.15, -0.1) is 0 Å². The third kappa shape index (κ3) is 22.9. The minimum atomic E-state index is -0.338. The summed E-state index contributed by atoms with van der Waals surface area (Å²) in [5.74, 6) is 15.9. The average molecular weight is 1660 g/mol. The lowest BCUT2D eigenvalue weighted by Crippen LogP contribution is -2.16. The maximum absolute atomic E-state index is 6.21. The molecule has 16 nitrogen and oxygen atoms in total. The summed E-state index contributed by atoms with van der Waals surface area (Å²) in [6.07, 6.45) is 20.0. The van der Waals surface area contributed by atoms with Crippen LogP contribution in [0.5, 0.6) is 46.0 Å². The number of hydrogen-bond acceptors (Lipinski definition) is 16. The number of hydrogen-bond donors (Lipinski definition) is 0. The molecule has 16 atom stereocenters.